The summed E-state index contributed by atoms with van der Waals surface area (Å²) in [7, 11) is 1.84. The highest BCUT2D eigenvalue weighted by Crippen LogP contribution is 2.29. The summed E-state index contributed by atoms with van der Waals surface area (Å²) in [5, 5.41) is 10.1. The van der Waals surface area contributed by atoms with Crippen LogP contribution in [-0.4, -0.2) is 32.8 Å². The number of hydrogen-bond donors (Lipinski definition) is 2. The molecule has 0 spiro atoms. The van der Waals surface area contributed by atoms with Gasteiger partial charge in [0.2, 0.25) is 0 Å². The molecular weight excluding hydrogens is 322 g/mol. The Labute approximate surface area is 144 Å². The van der Waals surface area contributed by atoms with Crippen LogP contribution < -0.4 is 11.1 Å². The minimum absolute atomic E-state index is 0.158. The summed E-state index contributed by atoms with van der Waals surface area (Å²) < 4.78 is 1.71. The SMILES string of the molecule is Cc1nn(C)c2nc(-c3cccs3)cc(C(=O)NCC(C)(C)N)c12. The molecule has 0 saturated heterocycles. The molecule has 3 aromatic heterocycles. The van der Waals surface area contributed by atoms with Gasteiger partial charge in [0.05, 0.1) is 27.2 Å². The van der Waals surface area contributed by atoms with E-state index in [1.165, 1.54) is 0 Å². The van der Waals surface area contributed by atoms with E-state index in [1.807, 2.05) is 51.4 Å². The van der Waals surface area contributed by atoms with Gasteiger partial charge in [-0.3, -0.25) is 9.48 Å². The Morgan fingerprint density at radius 2 is 2.21 bits per heavy atom. The number of amides is 1. The second-order valence-corrected chi connectivity index (χ2v) is 7.56. The molecule has 0 aliphatic carbocycles. The van der Waals surface area contributed by atoms with E-state index in [2.05, 4.69) is 10.4 Å². The Hall–Kier alpha value is -2.25. The van der Waals surface area contributed by atoms with Gasteiger partial charge in [-0.15, -0.1) is 11.3 Å². The molecule has 3 heterocycles. The van der Waals surface area contributed by atoms with Gasteiger partial charge in [0.25, 0.3) is 5.91 Å². The number of nitrogens with two attached hydrogens (primary N) is 1. The second kappa shape index (κ2) is 5.99. The number of aromatic nitrogens is 3. The monoisotopic (exact) mass is 343 g/mol. The highest BCUT2D eigenvalue weighted by atomic mass is 32.1. The molecule has 0 unspecified atom stereocenters. The Balaban J connectivity index is 2.12. The molecule has 126 valence electrons. The molecule has 0 saturated carbocycles. The van der Waals surface area contributed by atoms with Crippen molar-refractivity contribution in [1.82, 2.24) is 20.1 Å². The van der Waals surface area contributed by atoms with E-state index in [4.69, 9.17) is 10.7 Å². The minimum Gasteiger partial charge on any atom is -0.350 e. The third-order valence-corrected chi connectivity index (χ3v) is 4.58. The Bertz CT molecular complexity index is 890. The van der Waals surface area contributed by atoms with E-state index in [0.29, 0.717) is 17.8 Å². The van der Waals surface area contributed by atoms with Crippen LogP contribution >= 0.6 is 11.3 Å². The first-order valence-electron chi connectivity index (χ1n) is 7.71. The third-order valence-electron chi connectivity index (χ3n) is 3.69. The second-order valence-electron chi connectivity index (χ2n) is 6.61. The lowest BCUT2D eigenvalue weighted by Crippen LogP contribution is -2.45. The van der Waals surface area contributed by atoms with Crippen molar-refractivity contribution in [2.75, 3.05) is 6.54 Å². The fourth-order valence-electron chi connectivity index (χ4n) is 2.58. The summed E-state index contributed by atoms with van der Waals surface area (Å²) in [6.07, 6.45) is 0. The largest absolute Gasteiger partial charge is 0.350 e. The van der Waals surface area contributed by atoms with Crippen LogP contribution in [0.25, 0.3) is 21.6 Å². The van der Waals surface area contributed by atoms with Crippen molar-refractivity contribution in [1.29, 1.82) is 0 Å². The Morgan fingerprint density at radius 3 is 2.83 bits per heavy atom. The van der Waals surface area contributed by atoms with Gasteiger partial charge >= 0.3 is 0 Å². The average Bonchev–Trinajstić information content (AvgIpc) is 3.13. The van der Waals surface area contributed by atoms with Gasteiger partial charge in [0, 0.05) is 19.1 Å². The maximum Gasteiger partial charge on any atom is 0.252 e. The Kier molecular flexibility index (Phi) is 4.15. The normalized spacial score (nSPS) is 11.9. The van der Waals surface area contributed by atoms with Gasteiger partial charge in [0.1, 0.15) is 0 Å². The van der Waals surface area contributed by atoms with Crippen LogP contribution in [0.4, 0.5) is 0 Å². The molecule has 24 heavy (non-hydrogen) atoms. The molecule has 1 amide bonds. The lowest BCUT2D eigenvalue weighted by atomic mass is 10.1. The van der Waals surface area contributed by atoms with Crippen molar-refractivity contribution < 1.29 is 4.79 Å². The van der Waals surface area contributed by atoms with Crippen LogP contribution in [0.1, 0.15) is 29.9 Å². The molecule has 3 rings (SSSR count). The first-order valence-corrected chi connectivity index (χ1v) is 8.59. The van der Waals surface area contributed by atoms with E-state index in [9.17, 15) is 4.79 Å². The quantitative estimate of drug-likeness (QED) is 0.762. The van der Waals surface area contributed by atoms with Crippen molar-refractivity contribution in [3.8, 4) is 10.6 Å². The summed E-state index contributed by atoms with van der Waals surface area (Å²) in [6.45, 7) is 6.03. The van der Waals surface area contributed by atoms with Gasteiger partial charge in [-0.1, -0.05) is 6.07 Å². The third kappa shape index (κ3) is 3.18. The number of nitrogens with one attached hydrogen (secondary N) is 1. The topological polar surface area (TPSA) is 85.8 Å². The van der Waals surface area contributed by atoms with Crippen LogP contribution in [0.2, 0.25) is 0 Å². The lowest BCUT2D eigenvalue weighted by Gasteiger charge is -2.19. The van der Waals surface area contributed by atoms with E-state index in [-0.39, 0.29) is 5.91 Å². The number of carbonyl (C=O) groups is 1. The lowest BCUT2D eigenvalue weighted by molar-refractivity contribution is 0.0947. The van der Waals surface area contributed by atoms with Gasteiger partial charge in [-0.2, -0.15) is 5.10 Å². The fourth-order valence-corrected chi connectivity index (χ4v) is 3.26. The van der Waals surface area contributed by atoms with E-state index in [0.717, 1.165) is 21.7 Å². The first kappa shape index (κ1) is 16.6. The van der Waals surface area contributed by atoms with Crippen molar-refractivity contribution in [3.63, 3.8) is 0 Å². The molecule has 0 bridgehead atoms. The van der Waals surface area contributed by atoms with Gasteiger partial charge in [0.15, 0.2) is 5.65 Å². The van der Waals surface area contributed by atoms with Crippen LogP contribution in [-0.2, 0) is 7.05 Å². The number of fused-ring (bicyclic) bond motifs is 1. The maximum absolute atomic E-state index is 12.8. The summed E-state index contributed by atoms with van der Waals surface area (Å²) in [6, 6.07) is 5.80. The fraction of sp³-hybridized carbons (Fsp3) is 0.353. The summed E-state index contributed by atoms with van der Waals surface area (Å²) in [4.78, 5) is 18.5. The van der Waals surface area contributed by atoms with Gasteiger partial charge < -0.3 is 11.1 Å². The maximum atomic E-state index is 12.8. The zero-order valence-corrected chi connectivity index (χ0v) is 15.1. The van der Waals surface area contributed by atoms with Crippen LogP contribution in [0.5, 0.6) is 0 Å². The number of pyridine rings is 1. The molecule has 0 aliphatic rings. The summed E-state index contributed by atoms with van der Waals surface area (Å²) in [5.74, 6) is -0.158. The molecule has 6 nitrogen and oxygen atoms in total. The standard InChI is InChI=1S/C17H21N5OS/c1-10-14-11(16(23)19-9-17(2,3)18)8-12(13-6-5-7-24-13)20-15(14)22(4)21-10/h5-8H,9,18H2,1-4H3,(H,19,23). The molecule has 7 heteroatoms. The zero-order valence-electron chi connectivity index (χ0n) is 14.3. The predicted octanol–water partition coefficient (Wildman–Crippen LogP) is 2.47. The number of rotatable bonds is 4. The molecule has 3 aromatic rings. The highest BCUT2D eigenvalue weighted by Gasteiger charge is 2.21. The van der Waals surface area contributed by atoms with Gasteiger partial charge in [-0.05, 0) is 38.3 Å². The number of hydrogen-bond acceptors (Lipinski definition) is 5. The number of thiophene rings is 1. The molecular formula is C17H21N5OS. The van der Waals surface area contributed by atoms with E-state index < -0.39 is 5.54 Å². The van der Waals surface area contributed by atoms with Crippen LogP contribution in [0.3, 0.4) is 0 Å². The average molecular weight is 343 g/mol. The van der Waals surface area contributed by atoms with E-state index in [1.54, 1.807) is 16.0 Å². The predicted molar refractivity (Wildman–Crippen MR) is 97.2 cm³/mol. The van der Waals surface area contributed by atoms with E-state index >= 15 is 0 Å². The number of carbonyl (C=O) groups excluding carboxylic acids is 1. The van der Waals surface area contributed by atoms with Crippen LogP contribution in [0.15, 0.2) is 23.6 Å². The Morgan fingerprint density at radius 1 is 1.46 bits per heavy atom. The molecule has 0 aliphatic heterocycles. The smallest absolute Gasteiger partial charge is 0.252 e. The molecule has 0 aromatic carbocycles. The highest BCUT2D eigenvalue weighted by molar-refractivity contribution is 7.13. The van der Waals surface area contributed by atoms with Gasteiger partial charge in [-0.25, -0.2) is 4.98 Å². The zero-order chi connectivity index (χ0) is 17.5. The molecule has 3 N–H and O–H groups in total. The molecule has 0 fully saturated rings. The molecule has 0 radical (unpaired) electrons. The summed E-state index contributed by atoms with van der Waals surface area (Å²) in [5.41, 5.74) is 8.35. The van der Waals surface area contributed by atoms with Crippen LogP contribution in [0, 0.1) is 6.92 Å². The van der Waals surface area contributed by atoms with Crippen molar-refractivity contribution in [2.45, 2.75) is 26.3 Å². The first-order chi connectivity index (χ1) is 11.3. The number of aryl methyl sites for hydroxylation is 2. The van der Waals surface area contributed by atoms with Crippen molar-refractivity contribution >= 4 is 28.3 Å². The number of nitrogens with zero attached hydrogens (tertiary/aromatic N) is 3. The summed E-state index contributed by atoms with van der Waals surface area (Å²) >= 11 is 1.59. The molecule has 0 atom stereocenters. The van der Waals surface area contributed by atoms with Crippen molar-refractivity contribution in [3.05, 3.63) is 34.8 Å². The van der Waals surface area contributed by atoms with Crippen molar-refractivity contribution in [2.24, 2.45) is 12.8 Å². The minimum atomic E-state index is -0.470.